The number of anilines is 1. The molecule has 0 saturated carbocycles. The van der Waals surface area contributed by atoms with Gasteiger partial charge in [0.25, 0.3) is 15.7 Å². The first-order valence-electron chi connectivity index (χ1n) is 7.21. The van der Waals surface area contributed by atoms with E-state index in [1.165, 1.54) is 18.2 Å². The summed E-state index contributed by atoms with van der Waals surface area (Å²) in [7, 11) is -4.10. The second-order valence-corrected chi connectivity index (χ2v) is 7.97. The van der Waals surface area contributed by atoms with Gasteiger partial charge in [0.15, 0.2) is 0 Å². The summed E-state index contributed by atoms with van der Waals surface area (Å²) in [5.41, 5.74) is 0.436. The molecule has 0 amide bonds. The Labute approximate surface area is 148 Å². The predicted molar refractivity (Wildman–Crippen MR) is 93.7 cm³/mol. The minimum absolute atomic E-state index is 0.125. The number of nitro groups is 1. The van der Waals surface area contributed by atoms with E-state index in [0.29, 0.717) is 5.56 Å². The number of aryl methyl sites for hydroxylation is 1. The Kier molecular flexibility index (Phi) is 5.43. The minimum atomic E-state index is -4.10. The molecule has 1 N–H and O–H groups in total. The molecule has 0 spiro atoms. The van der Waals surface area contributed by atoms with Crippen molar-refractivity contribution in [2.24, 2.45) is 0 Å². The molecule has 0 bridgehead atoms. The Morgan fingerprint density at radius 2 is 2.04 bits per heavy atom. The number of nitrogens with zero attached hydrogens (tertiary/aromatic N) is 1. The highest BCUT2D eigenvalue weighted by Gasteiger charge is 2.25. The molecule has 25 heavy (non-hydrogen) atoms. The number of carbonyl (C=O) groups is 1. The first kappa shape index (κ1) is 18.9. The van der Waals surface area contributed by atoms with Crippen molar-refractivity contribution in [3.8, 4) is 0 Å². The van der Waals surface area contributed by atoms with E-state index in [-0.39, 0.29) is 27.8 Å². The van der Waals surface area contributed by atoms with Crippen molar-refractivity contribution in [2.45, 2.75) is 25.7 Å². The fourth-order valence-electron chi connectivity index (χ4n) is 2.09. The van der Waals surface area contributed by atoms with Gasteiger partial charge in [-0.05, 0) is 32.4 Å². The van der Waals surface area contributed by atoms with Crippen molar-refractivity contribution in [3.05, 3.63) is 50.4 Å². The molecule has 0 aliphatic heterocycles. The third-order valence-electron chi connectivity index (χ3n) is 3.43. The lowest BCUT2D eigenvalue weighted by molar-refractivity contribution is -0.385. The van der Waals surface area contributed by atoms with E-state index in [1.807, 2.05) is 0 Å². The van der Waals surface area contributed by atoms with Crippen molar-refractivity contribution in [1.82, 2.24) is 0 Å². The van der Waals surface area contributed by atoms with E-state index < -0.39 is 20.9 Å². The highest BCUT2D eigenvalue weighted by Crippen LogP contribution is 2.34. The SMILES string of the molecule is CCOC(=O)c1c(NS(=O)(=O)c2cccc([N+](=O)[O-])c2)sc(C)c1C. The molecule has 10 heteroatoms. The van der Waals surface area contributed by atoms with Gasteiger partial charge in [0.05, 0.1) is 22.0 Å². The van der Waals surface area contributed by atoms with Gasteiger partial charge in [-0.3, -0.25) is 14.8 Å². The molecule has 0 atom stereocenters. The van der Waals surface area contributed by atoms with Gasteiger partial charge in [-0.2, -0.15) is 0 Å². The Balaban J connectivity index is 2.45. The van der Waals surface area contributed by atoms with Gasteiger partial charge < -0.3 is 4.74 Å². The summed E-state index contributed by atoms with van der Waals surface area (Å²) in [6.07, 6.45) is 0. The quantitative estimate of drug-likeness (QED) is 0.464. The van der Waals surface area contributed by atoms with Gasteiger partial charge in [-0.15, -0.1) is 11.3 Å². The van der Waals surface area contributed by atoms with Gasteiger partial charge >= 0.3 is 5.97 Å². The van der Waals surface area contributed by atoms with E-state index in [9.17, 15) is 23.3 Å². The maximum Gasteiger partial charge on any atom is 0.341 e. The Morgan fingerprint density at radius 1 is 1.36 bits per heavy atom. The Morgan fingerprint density at radius 3 is 2.64 bits per heavy atom. The van der Waals surface area contributed by atoms with E-state index >= 15 is 0 Å². The number of rotatable bonds is 6. The number of esters is 1. The number of benzene rings is 1. The van der Waals surface area contributed by atoms with Gasteiger partial charge in [0.1, 0.15) is 5.00 Å². The average Bonchev–Trinajstić information content (AvgIpc) is 2.81. The first-order valence-corrected chi connectivity index (χ1v) is 9.51. The summed E-state index contributed by atoms with van der Waals surface area (Å²) in [4.78, 5) is 22.8. The van der Waals surface area contributed by atoms with Crippen molar-refractivity contribution >= 4 is 38.0 Å². The van der Waals surface area contributed by atoms with Gasteiger partial charge in [0.2, 0.25) is 0 Å². The number of sulfonamides is 1. The molecule has 1 heterocycles. The summed E-state index contributed by atoms with van der Waals surface area (Å²) >= 11 is 1.10. The van der Waals surface area contributed by atoms with Crippen LogP contribution >= 0.6 is 11.3 Å². The molecule has 1 aromatic carbocycles. The largest absolute Gasteiger partial charge is 0.462 e. The number of carbonyl (C=O) groups excluding carboxylic acids is 1. The summed E-state index contributed by atoms with van der Waals surface area (Å²) in [5, 5.41) is 11.0. The molecular formula is C15H16N2O6S2. The fourth-order valence-corrected chi connectivity index (χ4v) is 4.49. The molecule has 0 radical (unpaired) electrons. The zero-order valence-electron chi connectivity index (χ0n) is 13.7. The second kappa shape index (κ2) is 7.19. The Bertz CT molecular complexity index is 933. The smallest absolute Gasteiger partial charge is 0.341 e. The molecule has 0 aliphatic carbocycles. The lowest BCUT2D eigenvalue weighted by atomic mass is 10.2. The van der Waals surface area contributed by atoms with Gasteiger partial charge in [-0.1, -0.05) is 6.07 Å². The molecule has 134 valence electrons. The molecule has 8 nitrogen and oxygen atoms in total. The fraction of sp³-hybridized carbons (Fsp3) is 0.267. The number of ether oxygens (including phenoxy) is 1. The first-order chi connectivity index (χ1) is 11.7. The highest BCUT2D eigenvalue weighted by atomic mass is 32.2. The second-order valence-electron chi connectivity index (χ2n) is 5.07. The maximum absolute atomic E-state index is 12.6. The molecule has 2 aromatic rings. The lowest BCUT2D eigenvalue weighted by Gasteiger charge is -2.09. The van der Waals surface area contributed by atoms with Crippen molar-refractivity contribution in [3.63, 3.8) is 0 Å². The summed E-state index contributed by atoms with van der Waals surface area (Å²) in [5.74, 6) is -0.624. The van der Waals surface area contributed by atoms with Crippen molar-refractivity contribution in [2.75, 3.05) is 11.3 Å². The lowest BCUT2D eigenvalue weighted by Crippen LogP contribution is -2.15. The number of hydrogen-bond donors (Lipinski definition) is 1. The van der Waals surface area contributed by atoms with Crippen LogP contribution in [0.5, 0.6) is 0 Å². The van der Waals surface area contributed by atoms with Crippen LogP contribution in [0.2, 0.25) is 0 Å². The van der Waals surface area contributed by atoms with Gasteiger partial charge in [0, 0.05) is 17.0 Å². The summed E-state index contributed by atoms with van der Waals surface area (Å²) in [6, 6.07) is 4.68. The van der Waals surface area contributed by atoms with Crippen molar-refractivity contribution < 1.29 is 22.9 Å². The number of nitrogens with one attached hydrogen (secondary N) is 1. The van der Waals surface area contributed by atoms with Crippen LogP contribution in [-0.4, -0.2) is 25.9 Å². The number of hydrogen-bond acceptors (Lipinski definition) is 7. The van der Waals surface area contributed by atoms with Crippen LogP contribution in [0.1, 0.15) is 27.7 Å². The monoisotopic (exact) mass is 384 g/mol. The molecule has 2 rings (SSSR count). The Hall–Kier alpha value is -2.46. The van der Waals surface area contributed by atoms with Crippen LogP contribution in [-0.2, 0) is 14.8 Å². The minimum Gasteiger partial charge on any atom is -0.462 e. The third-order valence-corrected chi connectivity index (χ3v) is 6.03. The number of non-ortho nitro benzene ring substituents is 1. The molecular weight excluding hydrogens is 368 g/mol. The van der Waals surface area contributed by atoms with Crippen LogP contribution in [0, 0.1) is 24.0 Å². The molecule has 0 saturated heterocycles. The molecule has 0 aliphatic rings. The third kappa shape index (κ3) is 3.97. The van der Waals surface area contributed by atoms with Crippen LogP contribution < -0.4 is 4.72 Å². The average molecular weight is 384 g/mol. The zero-order valence-corrected chi connectivity index (χ0v) is 15.4. The van der Waals surface area contributed by atoms with E-state index in [1.54, 1.807) is 20.8 Å². The molecule has 0 unspecified atom stereocenters. The van der Waals surface area contributed by atoms with Crippen LogP contribution in [0.15, 0.2) is 29.2 Å². The molecule has 1 aromatic heterocycles. The van der Waals surface area contributed by atoms with Crippen LogP contribution in [0.3, 0.4) is 0 Å². The van der Waals surface area contributed by atoms with Crippen LogP contribution in [0.4, 0.5) is 10.7 Å². The van der Waals surface area contributed by atoms with Crippen molar-refractivity contribution in [1.29, 1.82) is 0 Å². The van der Waals surface area contributed by atoms with Gasteiger partial charge in [-0.25, -0.2) is 13.2 Å². The predicted octanol–water partition coefficient (Wildman–Crippen LogP) is 3.25. The zero-order chi connectivity index (χ0) is 18.8. The summed E-state index contributed by atoms with van der Waals surface area (Å²) in [6.45, 7) is 5.26. The van der Waals surface area contributed by atoms with E-state index in [2.05, 4.69) is 4.72 Å². The number of thiophene rings is 1. The molecule has 0 fully saturated rings. The normalized spacial score (nSPS) is 11.2. The highest BCUT2D eigenvalue weighted by molar-refractivity contribution is 7.93. The van der Waals surface area contributed by atoms with E-state index in [0.717, 1.165) is 22.3 Å². The van der Waals surface area contributed by atoms with Crippen LogP contribution in [0.25, 0.3) is 0 Å². The topological polar surface area (TPSA) is 116 Å². The standard InChI is InChI=1S/C15H16N2O6S2/c1-4-23-15(18)13-9(2)10(3)24-14(13)16-25(21,22)12-7-5-6-11(8-12)17(19)20/h5-8,16H,4H2,1-3H3. The van der Waals surface area contributed by atoms with E-state index in [4.69, 9.17) is 4.74 Å². The maximum atomic E-state index is 12.6. The summed E-state index contributed by atoms with van der Waals surface area (Å²) < 4.78 is 32.4. The number of nitro benzene ring substituents is 1.